The Morgan fingerprint density at radius 3 is 1.89 bits per heavy atom. The Morgan fingerprint density at radius 1 is 0.444 bits per heavy atom. The summed E-state index contributed by atoms with van der Waals surface area (Å²) in [6, 6.07) is 55.7. The molecule has 0 spiro atoms. The zero-order valence-corrected chi connectivity index (χ0v) is 25.0. The smallest absolute Gasteiger partial charge is 0.154 e. The first-order valence-corrected chi connectivity index (χ1v) is 15.5. The molecule has 45 heavy (non-hydrogen) atoms. The molecule has 0 fully saturated rings. The number of nitrogens with zero attached hydrogens (tertiary/aromatic N) is 1. The van der Waals surface area contributed by atoms with Gasteiger partial charge in [0.05, 0.1) is 10.7 Å². The van der Waals surface area contributed by atoms with Crippen LogP contribution in [-0.2, 0) is 0 Å². The molecule has 1 aromatic heterocycles. The van der Waals surface area contributed by atoms with Crippen LogP contribution >= 0.6 is 11.6 Å². The van der Waals surface area contributed by atoms with E-state index in [0.29, 0.717) is 10.6 Å². The Bertz CT molecular complexity index is 2550. The lowest BCUT2D eigenvalue weighted by Crippen LogP contribution is -2.10. The number of anilines is 3. The first-order chi connectivity index (χ1) is 22.2. The lowest BCUT2D eigenvalue weighted by atomic mass is 9.98. The average molecular weight is 596 g/mol. The highest BCUT2D eigenvalue weighted by Crippen LogP contribution is 2.46. The quantitative estimate of drug-likeness (QED) is 0.188. The highest BCUT2D eigenvalue weighted by molar-refractivity contribution is 6.37. The molecular formula is C42H26ClNO. The summed E-state index contributed by atoms with van der Waals surface area (Å²) in [7, 11) is 0. The van der Waals surface area contributed by atoms with Gasteiger partial charge in [0, 0.05) is 27.5 Å². The van der Waals surface area contributed by atoms with Crippen LogP contribution in [0.2, 0.25) is 5.02 Å². The van der Waals surface area contributed by atoms with Gasteiger partial charge >= 0.3 is 0 Å². The summed E-state index contributed by atoms with van der Waals surface area (Å²) in [5, 5.41) is 9.78. The van der Waals surface area contributed by atoms with E-state index in [4.69, 9.17) is 16.0 Å². The fourth-order valence-corrected chi connectivity index (χ4v) is 7.05. The van der Waals surface area contributed by atoms with Crippen LogP contribution in [0.4, 0.5) is 17.1 Å². The van der Waals surface area contributed by atoms with Crippen LogP contribution in [0.1, 0.15) is 0 Å². The maximum absolute atomic E-state index is 7.10. The summed E-state index contributed by atoms with van der Waals surface area (Å²) >= 11 is 7.10. The summed E-state index contributed by atoms with van der Waals surface area (Å²) in [4.78, 5) is 2.33. The third-order valence-electron chi connectivity index (χ3n) is 8.88. The Morgan fingerprint density at radius 2 is 1.09 bits per heavy atom. The number of hydrogen-bond donors (Lipinski definition) is 0. The topological polar surface area (TPSA) is 16.4 Å². The van der Waals surface area contributed by atoms with Crippen molar-refractivity contribution in [2.24, 2.45) is 0 Å². The summed E-state index contributed by atoms with van der Waals surface area (Å²) in [6.07, 6.45) is 0. The largest absolute Gasteiger partial charge is 0.454 e. The van der Waals surface area contributed by atoms with Crippen molar-refractivity contribution in [3.8, 4) is 11.1 Å². The van der Waals surface area contributed by atoms with Gasteiger partial charge in [-0.25, -0.2) is 0 Å². The average Bonchev–Trinajstić information content (AvgIpc) is 3.49. The molecule has 0 amide bonds. The van der Waals surface area contributed by atoms with Crippen molar-refractivity contribution in [1.29, 1.82) is 0 Å². The fourth-order valence-electron chi connectivity index (χ4n) is 6.80. The maximum Gasteiger partial charge on any atom is 0.154 e. The molecule has 1 heterocycles. The summed E-state index contributed by atoms with van der Waals surface area (Å²) in [5.41, 5.74) is 6.99. The van der Waals surface area contributed by atoms with Crippen molar-refractivity contribution >= 4 is 82.9 Å². The van der Waals surface area contributed by atoms with E-state index in [1.807, 2.05) is 18.2 Å². The van der Waals surface area contributed by atoms with E-state index in [1.54, 1.807) is 0 Å². The maximum atomic E-state index is 7.10. The molecule has 0 unspecified atom stereocenters. The molecule has 0 N–H and O–H groups in total. The molecule has 9 aromatic rings. The van der Waals surface area contributed by atoms with Gasteiger partial charge in [-0.15, -0.1) is 0 Å². The molecule has 0 aliphatic heterocycles. The molecule has 0 bridgehead atoms. The highest BCUT2D eigenvalue weighted by Gasteiger charge is 2.21. The monoisotopic (exact) mass is 595 g/mol. The Labute approximate surface area is 265 Å². The molecule has 2 nitrogen and oxygen atoms in total. The normalized spacial score (nSPS) is 11.7. The van der Waals surface area contributed by atoms with Crippen LogP contribution in [0.25, 0.3) is 65.4 Å². The van der Waals surface area contributed by atoms with Crippen LogP contribution in [0.15, 0.2) is 162 Å². The lowest BCUT2D eigenvalue weighted by Gasteiger charge is -2.28. The van der Waals surface area contributed by atoms with Crippen molar-refractivity contribution in [3.63, 3.8) is 0 Å². The van der Waals surface area contributed by atoms with E-state index in [9.17, 15) is 0 Å². The van der Waals surface area contributed by atoms with Crippen LogP contribution in [0.3, 0.4) is 0 Å². The van der Waals surface area contributed by atoms with Gasteiger partial charge in [-0.2, -0.15) is 0 Å². The third kappa shape index (κ3) is 4.18. The summed E-state index contributed by atoms with van der Waals surface area (Å²) in [5.74, 6) is 0. The molecule has 0 atom stereocenters. The van der Waals surface area contributed by atoms with Crippen LogP contribution in [-0.4, -0.2) is 0 Å². The first-order valence-electron chi connectivity index (χ1n) is 15.1. The molecule has 0 saturated heterocycles. The van der Waals surface area contributed by atoms with Crippen LogP contribution < -0.4 is 4.90 Å². The molecule has 0 aliphatic carbocycles. The van der Waals surface area contributed by atoms with E-state index in [0.717, 1.165) is 38.8 Å². The van der Waals surface area contributed by atoms with E-state index in [-0.39, 0.29) is 0 Å². The predicted octanol–water partition coefficient (Wildman–Crippen LogP) is 12.8. The van der Waals surface area contributed by atoms with Gasteiger partial charge in [0.25, 0.3) is 0 Å². The van der Waals surface area contributed by atoms with Gasteiger partial charge in [0.15, 0.2) is 5.58 Å². The lowest BCUT2D eigenvalue weighted by molar-refractivity contribution is 0.669. The number of fused-ring (bicyclic) bond motifs is 8. The zero-order chi connectivity index (χ0) is 29.9. The van der Waals surface area contributed by atoms with Crippen molar-refractivity contribution in [2.75, 3.05) is 4.90 Å². The fraction of sp³-hybridized carbons (Fsp3) is 0. The SMILES string of the molecule is Clc1cc(N(c2ccc(-c3ccccc3)cc2)c2cc3ccccc3c3ccccc23)cc2c1oc1ccc3ccccc3c12. The van der Waals surface area contributed by atoms with E-state index >= 15 is 0 Å². The molecule has 0 aliphatic rings. The first kappa shape index (κ1) is 25.9. The molecule has 9 rings (SSSR count). The molecule has 212 valence electrons. The molecule has 3 heteroatoms. The van der Waals surface area contributed by atoms with Gasteiger partial charge < -0.3 is 9.32 Å². The number of furan rings is 1. The minimum absolute atomic E-state index is 0.582. The van der Waals surface area contributed by atoms with E-state index in [2.05, 4.69) is 144 Å². The Hall–Kier alpha value is -5.57. The molecule has 0 radical (unpaired) electrons. The highest BCUT2D eigenvalue weighted by atomic mass is 35.5. The van der Waals surface area contributed by atoms with Gasteiger partial charge in [-0.3, -0.25) is 0 Å². The second kappa shape index (κ2) is 10.3. The second-order valence-electron chi connectivity index (χ2n) is 11.5. The van der Waals surface area contributed by atoms with Crippen molar-refractivity contribution in [2.45, 2.75) is 0 Å². The predicted molar refractivity (Wildman–Crippen MR) is 191 cm³/mol. The van der Waals surface area contributed by atoms with Crippen molar-refractivity contribution < 1.29 is 4.42 Å². The van der Waals surface area contributed by atoms with E-state index in [1.165, 1.54) is 38.1 Å². The van der Waals surface area contributed by atoms with Crippen LogP contribution in [0.5, 0.6) is 0 Å². The minimum Gasteiger partial charge on any atom is -0.454 e. The van der Waals surface area contributed by atoms with Crippen LogP contribution in [0, 0.1) is 0 Å². The van der Waals surface area contributed by atoms with Crippen molar-refractivity contribution in [3.05, 3.63) is 163 Å². The zero-order valence-electron chi connectivity index (χ0n) is 24.2. The number of halogens is 1. The number of hydrogen-bond acceptors (Lipinski definition) is 2. The van der Waals surface area contributed by atoms with Gasteiger partial charge in [0.2, 0.25) is 0 Å². The molecule has 8 aromatic carbocycles. The molecule has 0 saturated carbocycles. The summed E-state index contributed by atoms with van der Waals surface area (Å²) in [6.45, 7) is 0. The van der Waals surface area contributed by atoms with E-state index < -0.39 is 0 Å². The standard InChI is InChI=1S/C42H26ClNO/c43-38-26-32(25-37-41-34-15-7-4-12-29(34)20-23-40(41)45-42(37)38)44(31-21-18-28(19-22-31)27-10-2-1-3-11-27)39-24-30-13-5-6-14-33(30)35-16-8-9-17-36(35)39/h1-26H. The number of benzene rings is 8. The van der Waals surface area contributed by atoms with Crippen molar-refractivity contribution in [1.82, 2.24) is 0 Å². The second-order valence-corrected chi connectivity index (χ2v) is 11.9. The molecular weight excluding hydrogens is 570 g/mol. The Balaban J connectivity index is 1.35. The van der Waals surface area contributed by atoms with Gasteiger partial charge in [-0.1, -0.05) is 133 Å². The van der Waals surface area contributed by atoms with Gasteiger partial charge in [0.1, 0.15) is 5.58 Å². The minimum atomic E-state index is 0.582. The van der Waals surface area contributed by atoms with Gasteiger partial charge in [-0.05, 0) is 74.5 Å². The third-order valence-corrected chi connectivity index (χ3v) is 9.16. The summed E-state index contributed by atoms with van der Waals surface area (Å²) < 4.78 is 6.38. The number of rotatable bonds is 4. The Kier molecular flexibility index (Phi) is 5.90.